The van der Waals surface area contributed by atoms with Gasteiger partial charge in [-0.3, -0.25) is 38.5 Å². The minimum absolute atomic E-state index is 0.00331. The Kier molecular flexibility index (Phi) is 21.5. The van der Waals surface area contributed by atoms with E-state index in [2.05, 4.69) is 10.6 Å². The van der Waals surface area contributed by atoms with Crippen LogP contribution in [0, 0.1) is 23.7 Å². The molecule has 0 unspecified atom stereocenters. The fraction of sp³-hybridized carbons (Fsp3) is 0.587. The summed E-state index contributed by atoms with van der Waals surface area (Å²) in [4.78, 5) is 96.1. The normalized spacial score (nSPS) is 16.2. The summed E-state index contributed by atoms with van der Waals surface area (Å²) in [7, 11) is 0. The molecule has 13 nitrogen and oxygen atoms in total. The number of ketones is 3. The third kappa shape index (κ3) is 17.9. The van der Waals surface area contributed by atoms with Gasteiger partial charge in [0.25, 0.3) is 0 Å². The smallest absolute Gasteiger partial charge is 0.307 e. The van der Waals surface area contributed by atoms with Crippen molar-refractivity contribution in [1.29, 1.82) is 0 Å². The first-order chi connectivity index (χ1) is 28.5. The minimum atomic E-state index is -1.65. The molecule has 330 valence electrons. The van der Waals surface area contributed by atoms with E-state index in [0.717, 1.165) is 11.1 Å². The van der Waals surface area contributed by atoms with Crippen molar-refractivity contribution in [3.63, 3.8) is 0 Å². The minimum Gasteiger partial charge on any atom is -0.481 e. The Morgan fingerprint density at radius 3 is 1.90 bits per heavy atom. The van der Waals surface area contributed by atoms with Gasteiger partial charge < -0.3 is 25.2 Å². The molecule has 5 atom stereocenters. The number of aliphatic carboxylic acids is 1. The molecule has 0 bridgehead atoms. The van der Waals surface area contributed by atoms with Gasteiger partial charge in [0.05, 0.1) is 44.7 Å². The van der Waals surface area contributed by atoms with Gasteiger partial charge in [-0.15, -0.1) is 0 Å². The third-order valence-electron chi connectivity index (χ3n) is 10.5. The highest BCUT2D eigenvalue weighted by molar-refractivity contribution is 14.1. The van der Waals surface area contributed by atoms with Crippen molar-refractivity contribution in [2.24, 2.45) is 23.7 Å². The number of hydrogen-bond donors (Lipinski definition) is 3. The topological polar surface area (TPSA) is 185 Å². The first kappa shape index (κ1) is 50.3. The van der Waals surface area contributed by atoms with Crippen LogP contribution in [0.25, 0.3) is 0 Å². The Balaban J connectivity index is 1.87. The third-order valence-corrected chi connectivity index (χ3v) is 12.0. The Hall–Kier alpha value is -4.02. The molecule has 0 aliphatic carbocycles. The molecule has 14 heteroatoms. The van der Waals surface area contributed by atoms with Gasteiger partial charge in [0.15, 0.2) is 17.2 Å². The summed E-state index contributed by atoms with van der Waals surface area (Å²) in [5.41, 5.74) is 0.178. The van der Waals surface area contributed by atoms with Crippen LogP contribution >= 0.6 is 22.6 Å². The molecule has 3 rings (SSSR count). The van der Waals surface area contributed by atoms with Crippen LogP contribution in [0.4, 0.5) is 0 Å². The van der Waals surface area contributed by atoms with E-state index in [1.165, 1.54) is 6.92 Å². The van der Waals surface area contributed by atoms with Gasteiger partial charge >= 0.3 is 11.9 Å². The lowest BCUT2D eigenvalue weighted by Crippen LogP contribution is -2.55. The van der Waals surface area contributed by atoms with Gasteiger partial charge in [-0.25, -0.2) is 0 Å². The number of nitrogens with one attached hydrogen (secondary N) is 2. The lowest BCUT2D eigenvalue weighted by Gasteiger charge is -2.32. The molecule has 3 N–H and O–H groups in total. The lowest BCUT2D eigenvalue weighted by atomic mass is 9.87. The number of ether oxygens (including phenoxy) is 2. The number of halogens is 1. The summed E-state index contributed by atoms with van der Waals surface area (Å²) < 4.78 is 11.0. The molecule has 1 fully saturated rings. The van der Waals surface area contributed by atoms with Crippen LogP contribution in [0.5, 0.6) is 0 Å². The highest BCUT2D eigenvalue weighted by Crippen LogP contribution is 2.24. The number of Topliss-reactive ketones (excluding diaryl/α,β-unsaturated/α-hetero) is 3. The second kappa shape index (κ2) is 25.7. The van der Waals surface area contributed by atoms with Crippen molar-refractivity contribution in [3.8, 4) is 0 Å². The SMILES string of the molecule is CC(C)C[C@H](NC(=O)[C@H](CCc1ccccc1)CC(=O)CN1CCOCC1)C(=O)C[C@@H](Cc1ccccc1)C(=O)N[C@@H](CC(C)C)C(=O)[C@@](C)(CI)OC(=O)CCC(=O)O. The van der Waals surface area contributed by atoms with E-state index in [0.29, 0.717) is 45.6 Å². The number of alkyl halides is 1. The molecule has 2 aromatic rings. The summed E-state index contributed by atoms with van der Waals surface area (Å²) in [6, 6.07) is 16.9. The molecule has 2 amide bonds. The summed E-state index contributed by atoms with van der Waals surface area (Å²) >= 11 is 1.93. The number of hydrogen-bond acceptors (Lipinski definition) is 10. The zero-order valence-electron chi connectivity index (χ0n) is 35.8. The fourth-order valence-corrected chi connectivity index (χ4v) is 7.78. The van der Waals surface area contributed by atoms with Crippen molar-refractivity contribution in [3.05, 3.63) is 71.8 Å². The van der Waals surface area contributed by atoms with E-state index in [1.807, 2.05) is 116 Å². The van der Waals surface area contributed by atoms with E-state index in [9.17, 15) is 33.6 Å². The quantitative estimate of drug-likeness (QED) is 0.0578. The van der Waals surface area contributed by atoms with Crippen LogP contribution in [0.2, 0.25) is 0 Å². The van der Waals surface area contributed by atoms with E-state index < -0.39 is 66.0 Å². The van der Waals surface area contributed by atoms with Gasteiger partial charge in [0.1, 0.15) is 5.78 Å². The first-order valence-corrected chi connectivity index (χ1v) is 22.6. The fourth-order valence-electron chi connectivity index (χ4n) is 7.25. The standard InChI is InChI=1S/C46H64IN3O10/c1-31(2)24-38(48-44(57)35(17-16-33-12-8-6-9-13-33)27-37(51)29-50-20-22-59-23-21-50)40(52)28-36(26-34-14-10-7-11-15-34)45(58)49-39(25-32(3)4)43(56)46(5,30-47)60-42(55)19-18-41(53)54/h6-15,31-32,35-36,38-39H,16-30H2,1-5H3,(H,48,57)(H,49,58)(H,53,54)/t35-,36-,38+,39+,46-/m1/s1. The van der Waals surface area contributed by atoms with Crippen LogP contribution in [0.15, 0.2) is 60.7 Å². The summed E-state index contributed by atoms with van der Waals surface area (Å²) in [6.45, 7) is 11.7. The van der Waals surface area contributed by atoms with Crippen molar-refractivity contribution >= 4 is 63.7 Å². The number of carbonyl (C=O) groups excluding carboxylic acids is 6. The number of amides is 2. The van der Waals surface area contributed by atoms with E-state index in [1.54, 1.807) is 0 Å². The molecular weight excluding hydrogens is 881 g/mol. The van der Waals surface area contributed by atoms with Gasteiger partial charge in [-0.1, -0.05) is 111 Å². The van der Waals surface area contributed by atoms with Gasteiger partial charge in [-0.2, -0.15) is 0 Å². The number of rotatable bonds is 27. The summed E-state index contributed by atoms with van der Waals surface area (Å²) in [5, 5.41) is 14.9. The second-order valence-electron chi connectivity index (χ2n) is 16.9. The van der Waals surface area contributed by atoms with Crippen LogP contribution in [-0.2, 0) is 55.9 Å². The number of morpholine rings is 1. The van der Waals surface area contributed by atoms with Crippen LogP contribution in [0.1, 0.15) is 90.7 Å². The molecule has 1 aliphatic rings. The molecule has 0 saturated carbocycles. The average Bonchev–Trinajstić information content (AvgIpc) is 3.21. The number of nitrogens with zero attached hydrogens (tertiary/aromatic N) is 1. The zero-order chi connectivity index (χ0) is 44.2. The van der Waals surface area contributed by atoms with Crippen molar-refractivity contribution in [2.75, 3.05) is 37.3 Å². The van der Waals surface area contributed by atoms with Crippen LogP contribution < -0.4 is 10.6 Å². The number of esters is 1. The number of carbonyl (C=O) groups is 7. The highest BCUT2D eigenvalue weighted by atomic mass is 127. The summed E-state index contributed by atoms with van der Waals surface area (Å²) in [6.07, 6.45) is 0.599. The highest BCUT2D eigenvalue weighted by Gasteiger charge is 2.42. The van der Waals surface area contributed by atoms with E-state index in [-0.39, 0.29) is 66.0 Å². The second-order valence-corrected chi connectivity index (χ2v) is 17.7. The van der Waals surface area contributed by atoms with Gasteiger partial charge in [-0.05, 0) is 62.0 Å². The van der Waals surface area contributed by atoms with Gasteiger partial charge in [0, 0.05) is 42.2 Å². The molecule has 2 aromatic carbocycles. The average molecular weight is 946 g/mol. The molecule has 60 heavy (non-hydrogen) atoms. The predicted octanol–water partition coefficient (Wildman–Crippen LogP) is 5.58. The maximum atomic E-state index is 14.4. The lowest BCUT2D eigenvalue weighted by molar-refractivity contribution is -0.165. The molecule has 0 aromatic heterocycles. The maximum absolute atomic E-state index is 14.4. The Morgan fingerprint density at radius 2 is 1.33 bits per heavy atom. The van der Waals surface area contributed by atoms with Crippen LogP contribution in [-0.4, -0.2) is 106 Å². The number of benzene rings is 2. The largest absolute Gasteiger partial charge is 0.481 e. The Morgan fingerprint density at radius 1 is 0.783 bits per heavy atom. The zero-order valence-corrected chi connectivity index (χ0v) is 37.9. The maximum Gasteiger partial charge on any atom is 0.307 e. The van der Waals surface area contributed by atoms with E-state index in [4.69, 9.17) is 14.6 Å². The number of carboxylic acid groups (broad SMARTS) is 1. The molecule has 1 aliphatic heterocycles. The monoisotopic (exact) mass is 945 g/mol. The molecule has 0 radical (unpaired) electrons. The van der Waals surface area contributed by atoms with Crippen molar-refractivity contribution in [2.45, 2.75) is 110 Å². The number of aryl methyl sites for hydroxylation is 1. The molecule has 1 heterocycles. The Labute approximate surface area is 368 Å². The summed E-state index contributed by atoms with van der Waals surface area (Å²) in [5.74, 6) is -5.55. The Bertz CT molecular complexity index is 1720. The molecule has 1 saturated heterocycles. The number of carboxylic acids is 1. The first-order valence-electron chi connectivity index (χ1n) is 21.1. The molecular formula is C46H64IN3O10. The van der Waals surface area contributed by atoms with Gasteiger partial charge in [0.2, 0.25) is 11.8 Å². The van der Waals surface area contributed by atoms with Crippen molar-refractivity contribution < 1.29 is 48.1 Å². The predicted molar refractivity (Wildman–Crippen MR) is 236 cm³/mol. The van der Waals surface area contributed by atoms with E-state index >= 15 is 0 Å². The molecule has 0 spiro atoms. The van der Waals surface area contributed by atoms with Crippen molar-refractivity contribution in [1.82, 2.24) is 15.5 Å². The van der Waals surface area contributed by atoms with Crippen LogP contribution in [0.3, 0.4) is 0 Å².